The van der Waals surface area contributed by atoms with E-state index in [1.807, 2.05) is 0 Å². The van der Waals surface area contributed by atoms with E-state index in [1.165, 1.54) is 22.0 Å². The average Bonchev–Trinajstić information content (AvgIpc) is 2.57. The van der Waals surface area contributed by atoms with E-state index in [9.17, 15) is 0 Å². The van der Waals surface area contributed by atoms with Crippen LogP contribution in [0.1, 0.15) is 30.9 Å². The summed E-state index contributed by atoms with van der Waals surface area (Å²) < 4.78 is 2.18. The fraction of sp³-hybridized carbons (Fsp3) is 0.429. The van der Waals surface area contributed by atoms with Gasteiger partial charge in [0.15, 0.2) is 0 Å². The first-order valence-corrected chi connectivity index (χ1v) is 5.82. The summed E-state index contributed by atoms with van der Waals surface area (Å²) in [6.07, 6.45) is 2.87. The fourth-order valence-corrected chi connectivity index (χ4v) is 2.37. The van der Waals surface area contributed by atoms with Gasteiger partial charge in [0.05, 0.1) is 5.52 Å². The molecule has 0 amide bonds. The van der Waals surface area contributed by atoms with Crippen molar-refractivity contribution in [3.63, 3.8) is 0 Å². The molecule has 0 fully saturated rings. The van der Waals surface area contributed by atoms with Crippen LogP contribution in [-0.2, 0) is 13.5 Å². The highest BCUT2D eigenvalue weighted by Crippen LogP contribution is 2.28. The molecule has 1 aromatic heterocycles. The first kappa shape index (κ1) is 11.2. The van der Waals surface area contributed by atoms with E-state index in [-0.39, 0.29) is 6.61 Å². The van der Waals surface area contributed by atoms with Gasteiger partial charge in [-0.05, 0) is 23.5 Å². The van der Waals surface area contributed by atoms with E-state index >= 15 is 0 Å². The van der Waals surface area contributed by atoms with Crippen molar-refractivity contribution in [2.45, 2.75) is 26.2 Å². The number of aliphatic hydroxyl groups is 1. The lowest BCUT2D eigenvalue weighted by Crippen LogP contribution is -1.93. The van der Waals surface area contributed by atoms with E-state index in [1.54, 1.807) is 0 Å². The van der Waals surface area contributed by atoms with Crippen LogP contribution in [-0.4, -0.2) is 16.3 Å². The molecule has 2 rings (SSSR count). The van der Waals surface area contributed by atoms with Gasteiger partial charge in [-0.25, -0.2) is 0 Å². The van der Waals surface area contributed by atoms with E-state index in [4.69, 9.17) is 5.11 Å². The summed E-state index contributed by atoms with van der Waals surface area (Å²) in [6.45, 7) is 4.64. The molecule has 1 N–H and O–H groups in total. The van der Waals surface area contributed by atoms with Crippen molar-refractivity contribution in [1.82, 2.24) is 4.57 Å². The molecular weight excluding hydrogens is 198 g/mol. The van der Waals surface area contributed by atoms with Crippen LogP contribution in [0.3, 0.4) is 0 Å². The third-order valence-electron chi connectivity index (χ3n) is 3.12. The average molecular weight is 217 g/mol. The molecule has 0 spiro atoms. The second kappa shape index (κ2) is 4.30. The number of aromatic nitrogens is 1. The predicted octanol–water partition coefficient (Wildman–Crippen LogP) is 2.84. The Balaban J connectivity index is 2.69. The number of rotatable bonds is 3. The molecule has 0 saturated carbocycles. The van der Waals surface area contributed by atoms with Crippen LogP contribution in [0.4, 0.5) is 0 Å². The summed E-state index contributed by atoms with van der Waals surface area (Å²) in [6, 6.07) is 6.44. The van der Waals surface area contributed by atoms with Gasteiger partial charge >= 0.3 is 0 Å². The molecule has 1 heterocycles. The van der Waals surface area contributed by atoms with E-state index in [2.05, 4.69) is 49.9 Å². The van der Waals surface area contributed by atoms with Gasteiger partial charge in [-0.1, -0.05) is 32.0 Å². The largest absolute Gasteiger partial charge is 0.396 e. The Kier molecular flexibility index (Phi) is 3.01. The SMILES string of the molecule is CC(C)c1cccc2c(CCO)cn(C)c12. The molecule has 0 radical (unpaired) electrons. The topological polar surface area (TPSA) is 25.2 Å². The van der Waals surface area contributed by atoms with Crippen molar-refractivity contribution in [3.05, 3.63) is 35.5 Å². The molecule has 0 atom stereocenters. The number of hydrogen-bond acceptors (Lipinski definition) is 1. The zero-order chi connectivity index (χ0) is 11.7. The smallest absolute Gasteiger partial charge is 0.0515 e. The van der Waals surface area contributed by atoms with Gasteiger partial charge < -0.3 is 9.67 Å². The van der Waals surface area contributed by atoms with Crippen LogP contribution >= 0.6 is 0 Å². The van der Waals surface area contributed by atoms with Crippen molar-refractivity contribution in [2.24, 2.45) is 7.05 Å². The molecule has 0 unspecified atom stereocenters. The van der Waals surface area contributed by atoms with Gasteiger partial charge in [-0.2, -0.15) is 0 Å². The third kappa shape index (κ3) is 1.74. The van der Waals surface area contributed by atoms with E-state index < -0.39 is 0 Å². The molecule has 16 heavy (non-hydrogen) atoms. The first-order chi connectivity index (χ1) is 7.65. The predicted molar refractivity (Wildman–Crippen MR) is 67.8 cm³/mol. The Labute approximate surface area is 96.5 Å². The lowest BCUT2D eigenvalue weighted by atomic mass is 9.99. The first-order valence-electron chi connectivity index (χ1n) is 5.82. The van der Waals surface area contributed by atoms with Gasteiger partial charge in [0.1, 0.15) is 0 Å². The minimum absolute atomic E-state index is 0.213. The molecule has 0 aliphatic rings. The van der Waals surface area contributed by atoms with E-state index in [0.29, 0.717) is 5.92 Å². The lowest BCUT2D eigenvalue weighted by Gasteiger charge is -2.09. The zero-order valence-electron chi connectivity index (χ0n) is 10.2. The van der Waals surface area contributed by atoms with Crippen LogP contribution in [0.2, 0.25) is 0 Å². The van der Waals surface area contributed by atoms with E-state index in [0.717, 1.165) is 6.42 Å². The molecule has 2 nitrogen and oxygen atoms in total. The molecule has 2 heteroatoms. The molecule has 2 aromatic rings. The molecule has 0 bridgehead atoms. The monoisotopic (exact) mass is 217 g/mol. The Hall–Kier alpha value is -1.28. The maximum atomic E-state index is 9.06. The van der Waals surface area contributed by atoms with Crippen molar-refractivity contribution in [2.75, 3.05) is 6.61 Å². The quantitative estimate of drug-likeness (QED) is 0.840. The highest BCUT2D eigenvalue weighted by Gasteiger charge is 2.11. The zero-order valence-corrected chi connectivity index (χ0v) is 10.2. The van der Waals surface area contributed by atoms with Crippen molar-refractivity contribution in [3.8, 4) is 0 Å². The minimum Gasteiger partial charge on any atom is -0.396 e. The van der Waals surface area contributed by atoms with Gasteiger partial charge in [-0.3, -0.25) is 0 Å². The Morgan fingerprint density at radius 3 is 2.69 bits per heavy atom. The molecule has 0 aliphatic heterocycles. The molecule has 1 aromatic carbocycles. The summed E-state index contributed by atoms with van der Waals surface area (Å²) in [5.74, 6) is 0.527. The maximum absolute atomic E-state index is 9.06. The van der Waals surface area contributed by atoms with Gasteiger partial charge in [0.25, 0.3) is 0 Å². The molecule has 0 aliphatic carbocycles. The summed E-state index contributed by atoms with van der Waals surface area (Å²) in [4.78, 5) is 0. The normalized spacial score (nSPS) is 11.6. The number of hydrogen-bond donors (Lipinski definition) is 1. The molecule has 0 saturated heterocycles. The van der Waals surface area contributed by atoms with Crippen molar-refractivity contribution < 1.29 is 5.11 Å². The van der Waals surface area contributed by atoms with Crippen molar-refractivity contribution >= 4 is 10.9 Å². The minimum atomic E-state index is 0.213. The maximum Gasteiger partial charge on any atom is 0.0515 e. The standard InChI is InChI=1S/C14H19NO/c1-10(2)12-5-4-6-13-11(7-8-16)9-15(3)14(12)13/h4-6,9-10,16H,7-8H2,1-3H3. The Morgan fingerprint density at radius 2 is 2.06 bits per heavy atom. The van der Waals surface area contributed by atoms with Crippen LogP contribution in [0.25, 0.3) is 10.9 Å². The van der Waals surface area contributed by atoms with Gasteiger partial charge in [-0.15, -0.1) is 0 Å². The fourth-order valence-electron chi connectivity index (χ4n) is 2.37. The summed E-state index contributed by atoms with van der Waals surface area (Å²) in [7, 11) is 2.08. The second-order valence-electron chi connectivity index (χ2n) is 4.64. The van der Waals surface area contributed by atoms with Crippen LogP contribution in [0.5, 0.6) is 0 Å². The molecule has 86 valence electrons. The van der Waals surface area contributed by atoms with Crippen LogP contribution in [0, 0.1) is 0 Å². The number of fused-ring (bicyclic) bond motifs is 1. The lowest BCUT2D eigenvalue weighted by molar-refractivity contribution is 0.300. The Morgan fingerprint density at radius 1 is 1.31 bits per heavy atom. The number of para-hydroxylation sites is 1. The third-order valence-corrected chi connectivity index (χ3v) is 3.12. The highest BCUT2D eigenvalue weighted by molar-refractivity contribution is 5.87. The summed E-state index contributed by atoms with van der Waals surface area (Å²) in [5, 5.41) is 10.3. The van der Waals surface area contributed by atoms with Gasteiger partial charge in [0.2, 0.25) is 0 Å². The number of nitrogens with zero attached hydrogens (tertiary/aromatic N) is 1. The molecular formula is C14H19NO. The number of benzene rings is 1. The second-order valence-corrected chi connectivity index (χ2v) is 4.64. The highest BCUT2D eigenvalue weighted by atomic mass is 16.2. The number of aliphatic hydroxyl groups excluding tert-OH is 1. The Bertz CT molecular complexity index is 497. The summed E-state index contributed by atoms with van der Waals surface area (Å²) in [5.41, 5.74) is 3.92. The van der Waals surface area contributed by atoms with Crippen molar-refractivity contribution in [1.29, 1.82) is 0 Å². The van der Waals surface area contributed by atoms with Crippen LogP contribution in [0.15, 0.2) is 24.4 Å². The summed E-state index contributed by atoms with van der Waals surface area (Å²) >= 11 is 0. The van der Waals surface area contributed by atoms with Crippen LogP contribution < -0.4 is 0 Å². The van der Waals surface area contributed by atoms with Gasteiger partial charge in [0, 0.05) is 25.2 Å². The number of aryl methyl sites for hydroxylation is 1.